The lowest BCUT2D eigenvalue weighted by Crippen LogP contribution is -2.47. The van der Waals surface area contributed by atoms with Gasteiger partial charge in [0.1, 0.15) is 0 Å². The Labute approximate surface area is 237 Å². The SMILES string of the molecule is CCCCCN(Cc1nccc2c3ccccc3n(CCCN3CCNC(=O)C3)c12)[C@H]1CCCc2cccnc21. The molecular weight excluding hydrogens is 496 g/mol. The summed E-state index contributed by atoms with van der Waals surface area (Å²) < 4.78 is 2.49. The van der Waals surface area contributed by atoms with Gasteiger partial charge in [0.15, 0.2) is 0 Å². The minimum absolute atomic E-state index is 0.136. The molecule has 40 heavy (non-hydrogen) atoms. The highest BCUT2D eigenvalue weighted by Gasteiger charge is 2.28. The molecule has 0 saturated carbocycles. The molecule has 1 amide bonds. The van der Waals surface area contributed by atoms with E-state index in [2.05, 4.69) is 69.1 Å². The van der Waals surface area contributed by atoms with Crippen LogP contribution in [0.1, 0.15) is 68.4 Å². The highest BCUT2D eigenvalue weighted by atomic mass is 16.2. The van der Waals surface area contributed by atoms with Crippen LogP contribution in [0.15, 0.2) is 54.9 Å². The van der Waals surface area contributed by atoms with Gasteiger partial charge in [-0.05, 0) is 62.4 Å². The summed E-state index contributed by atoms with van der Waals surface area (Å²) in [6, 6.07) is 15.6. The van der Waals surface area contributed by atoms with Crippen LogP contribution in [0.25, 0.3) is 21.8 Å². The van der Waals surface area contributed by atoms with Crippen molar-refractivity contribution in [3.8, 4) is 0 Å². The number of aromatic nitrogens is 3. The van der Waals surface area contributed by atoms with E-state index in [1.807, 2.05) is 12.4 Å². The van der Waals surface area contributed by atoms with Crippen LogP contribution in [-0.4, -0.2) is 63.0 Å². The molecule has 1 aliphatic heterocycles. The standard InChI is InChI=1S/C33H42N6O/c1-2-3-6-20-38(30-14-7-10-25-11-8-16-36-32(25)30)23-28-33-27(15-17-34-28)26-12-4-5-13-29(26)39(33)21-9-19-37-22-18-35-31(40)24-37/h4-5,8,11-13,15-17,30H,2-3,6-7,9-10,14,18-24H2,1H3,(H,35,40)/t30-/m0/s1. The topological polar surface area (TPSA) is 66.3 Å². The average Bonchev–Trinajstić information content (AvgIpc) is 3.31. The molecular formula is C33H42N6O. The van der Waals surface area contributed by atoms with Crippen LogP contribution in [0.4, 0.5) is 0 Å². The molecule has 0 spiro atoms. The van der Waals surface area contributed by atoms with Crippen LogP contribution in [0.2, 0.25) is 0 Å². The largest absolute Gasteiger partial charge is 0.354 e. The third-order valence-electron chi connectivity index (χ3n) is 8.74. The smallest absolute Gasteiger partial charge is 0.234 e. The third kappa shape index (κ3) is 5.63. The maximum atomic E-state index is 11.9. The van der Waals surface area contributed by atoms with Crippen molar-refractivity contribution in [2.45, 2.75) is 71.0 Å². The minimum atomic E-state index is 0.136. The summed E-state index contributed by atoms with van der Waals surface area (Å²) in [4.78, 5) is 26.8. The highest BCUT2D eigenvalue weighted by molar-refractivity contribution is 6.08. The van der Waals surface area contributed by atoms with Crippen molar-refractivity contribution in [1.29, 1.82) is 0 Å². The molecule has 7 heteroatoms. The first-order valence-electron chi connectivity index (χ1n) is 15.2. The van der Waals surface area contributed by atoms with Gasteiger partial charge in [-0.25, -0.2) is 0 Å². The molecule has 210 valence electrons. The maximum Gasteiger partial charge on any atom is 0.234 e. The van der Waals surface area contributed by atoms with Crippen LogP contribution in [0, 0.1) is 0 Å². The Bertz CT molecular complexity index is 1460. The van der Waals surface area contributed by atoms with Gasteiger partial charge >= 0.3 is 0 Å². The lowest BCUT2D eigenvalue weighted by atomic mass is 9.90. The number of hydrogen-bond acceptors (Lipinski definition) is 5. The number of rotatable bonds is 11. The fraction of sp³-hybridized carbons (Fsp3) is 0.485. The summed E-state index contributed by atoms with van der Waals surface area (Å²) in [7, 11) is 0. The molecule has 4 heterocycles. The lowest BCUT2D eigenvalue weighted by molar-refractivity contribution is -0.124. The van der Waals surface area contributed by atoms with E-state index >= 15 is 0 Å². The lowest BCUT2D eigenvalue weighted by Gasteiger charge is -2.35. The molecule has 4 aromatic rings. The Morgan fingerprint density at radius 1 is 1.00 bits per heavy atom. The van der Waals surface area contributed by atoms with Crippen LogP contribution in [0.5, 0.6) is 0 Å². The number of benzene rings is 1. The summed E-state index contributed by atoms with van der Waals surface area (Å²) in [5, 5.41) is 5.52. The van der Waals surface area contributed by atoms with E-state index in [1.54, 1.807) is 0 Å². The zero-order chi connectivity index (χ0) is 27.3. The number of piperazine rings is 1. The third-order valence-corrected chi connectivity index (χ3v) is 8.74. The van der Waals surface area contributed by atoms with Gasteiger partial charge in [0.25, 0.3) is 0 Å². The van der Waals surface area contributed by atoms with Gasteiger partial charge in [-0.1, -0.05) is 44.0 Å². The van der Waals surface area contributed by atoms with E-state index in [0.717, 1.165) is 64.2 Å². The van der Waals surface area contributed by atoms with Crippen LogP contribution < -0.4 is 5.32 Å². The number of aryl methyl sites for hydroxylation is 2. The van der Waals surface area contributed by atoms with Gasteiger partial charge in [0.2, 0.25) is 5.91 Å². The Kier molecular flexibility index (Phi) is 8.40. The number of hydrogen-bond donors (Lipinski definition) is 1. The minimum Gasteiger partial charge on any atom is -0.354 e. The summed E-state index contributed by atoms with van der Waals surface area (Å²) in [5.74, 6) is 0.136. The van der Waals surface area contributed by atoms with Gasteiger partial charge in [0, 0.05) is 61.4 Å². The summed E-state index contributed by atoms with van der Waals surface area (Å²) in [6.45, 7) is 8.16. The second-order valence-electron chi connectivity index (χ2n) is 11.4. The Hall–Kier alpha value is -3.29. The Balaban J connectivity index is 1.33. The van der Waals surface area contributed by atoms with Gasteiger partial charge in [-0.15, -0.1) is 0 Å². The van der Waals surface area contributed by atoms with E-state index in [9.17, 15) is 4.79 Å². The number of pyridine rings is 2. The molecule has 1 aliphatic carbocycles. The number of amides is 1. The van der Waals surface area contributed by atoms with Gasteiger partial charge in [-0.2, -0.15) is 0 Å². The van der Waals surface area contributed by atoms with Crippen molar-refractivity contribution in [3.63, 3.8) is 0 Å². The molecule has 1 N–H and O–H groups in total. The molecule has 0 unspecified atom stereocenters. The van der Waals surface area contributed by atoms with E-state index in [1.165, 1.54) is 58.7 Å². The Morgan fingerprint density at radius 2 is 1.93 bits per heavy atom. The molecule has 3 aromatic heterocycles. The van der Waals surface area contributed by atoms with Gasteiger partial charge in [0.05, 0.1) is 29.5 Å². The fourth-order valence-corrected chi connectivity index (χ4v) is 6.80. The van der Waals surface area contributed by atoms with Crippen LogP contribution in [0.3, 0.4) is 0 Å². The first-order valence-corrected chi connectivity index (χ1v) is 15.2. The molecule has 7 nitrogen and oxygen atoms in total. The quantitative estimate of drug-likeness (QED) is 0.256. The monoisotopic (exact) mass is 538 g/mol. The zero-order valence-electron chi connectivity index (χ0n) is 23.8. The molecule has 1 fully saturated rings. The van der Waals surface area contributed by atoms with E-state index in [-0.39, 0.29) is 5.91 Å². The first-order chi connectivity index (χ1) is 19.7. The summed E-state index contributed by atoms with van der Waals surface area (Å²) in [6.07, 6.45) is 12.1. The van der Waals surface area contributed by atoms with E-state index in [0.29, 0.717) is 12.6 Å². The van der Waals surface area contributed by atoms with E-state index < -0.39 is 0 Å². The first kappa shape index (κ1) is 26.9. The van der Waals surface area contributed by atoms with Crippen LogP contribution >= 0.6 is 0 Å². The van der Waals surface area contributed by atoms with Crippen molar-refractivity contribution < 1.29 is 4.79 Å². The predicted octanol–water partition coefficient (Wildman–Crippen LogP) is 5.48. The second kappa shape index (κ2) is 12.5. The normalized spacial score (nSPS) is 17.9. The molecule has 6 rings (SSSR count). The van der Waals surface area contributed by atoms with Crippen molar-refractivity contribution >= 4 is 27.7 Å². The maximum absolute atomic E-state index is 11.9. The van der Waals surface area contributed by atoms with Crippen molar-refractivity contribution in [3.05, 3.63) is 71.8 Å². The zero-order valence-corrected chi connectivity index (χ0v) is 23.8. The number of para-hydroxylation sites is 1. The van der Waals surface area contributed by atoms with Crippen molar-refractivity contribution in [2.75, 3.05) is 32.7 Å². The number of unbranched alkanes of at least 4 members (excludes halogenated alkanes) is 2. The molecule has 2 aliphatic rings. The fourth-order valence-electron chi connectivity index (χ4n) is 6.80. The highest BCUT2D eigenvalue weighted by Crippen LogP contribution is 2.36. The van der Waals surface area contributed by atoms with Gasteiger partial charge < -0.3 is 9.88 Å². The Morgan fingerprint density at radius 3 is 2.83 bits per heavy atom. The van der Waals surface area contributed by atoms with Gasteiger partial charge in [-0.3, -0.25) is 24.6 Å². The van der Waals surface area contributed by atoms with Crippen molar-refractivity contribution in [2.24, 2.45) is 0 Å². The predicted molar refractivity (Wildman–Crippen MR) is 161 cm³/mol. The molecule has 1 atom stereocenters. The number of fused-ring (bicyclic) bond motifs is 4. The van der Waals surface area contributed by atoms with Crippen LogP contribution in [-0.2, 0) is 24.3 Å². The summed E-state index contributed by atoms with van der Waals surface area (Å²) >= 11 is 0. The van der Waals surface area contributed by atoms with E-state index in [4.69, 9.17) is 9.97 Å². The number of carbonyl (C=O) groups is 1. The van der Waals surface area contributed by atoms with Crippen molar-refractivity contribution in [1.82, 2.24) is 29.7 Å². The number of nitrogens with zero attached hydrogens (tertiary/aromatic N) is 5. The number of carbonyl (C=O) groups excluding carboxylic acids is 1. The summed E-state index contributed by atoms with van der Waals surface area (Å²) in [5.41, 5.74) is 6.36. The molecule has 0 radical (unpaired) electrons. The number of nitrogens with one attached hydrogen (secondary N) is 1. The second-order valence-corrected chi connectivity index (χ2v) is 11.4. The molecule has 1 aromatic carbocycles. The molecule has 0 bridgehead atoms. The molecule has 1 saturated heterocycles. The average molecular weight is 539 g/mol.